The first-order valence-corrected chi connectivity index (χ1v) is 11.1. The molecule has 1 aliphatic rings. The lowest BCUT2D eigenvalue weighted by Crippen LogP contribution is -2.51. The Morgan fingerprint density at radius 3 is 2.78 bits per heavy atom. The molecule has 3 aromatic rings. The number of aryl methyl sites for hydroxylation is 1. The Morgan fingerprint density at radius 2 is 2.12 bits per heavy atom. The van der Waals surface area contributed by atoms with E-state index in [0.29, 0.717) is 54.9 Å². The van der Waals surface area contributed by atoms with Crippen LogP contribution in [0.3, 0.4) is 0 Å². The molecule has 0 bridgehead atoms. The number of aromatic carboxylic acids is 1. The van der Waals surface area contributed by atoms with Gasteiger partial charge in [-0.3, -0.25) is 14.2 Å². The van der Waals surface area contributed by atoms with Crippen molar-refractivity contribution < 1.29 is 19.4 Å². The molecule has 0 unspecified atom stereocenters. The number of carboxylic acid groups (broad SMARTS) is 1. The molecule has 32 heavy (non-hydrogen) atoms. The van der Waals surface area contributed by atoms with E-state index in [4.69, 9.17) is 4.74 Å². The van der Waals surface area contributed by atoms with Crippen molar-refractivity contribution in [3.63, 3.8) is 0 Å². The van der Waals surface area contributed by atoms with E-state index in [9.17, 15) is 19.5 Å². The van der Waals surface area contributed by atoms with Crippen molar-refractivity contribution in [3.05, 3.63) is 39.9 Å². The number of ketones is 1. The van der Waals surface area contributed by atoms with Gasteiger partial charge in [0.25, 0.3) is 0 Å². The van der Waals surface area contributed by atoms with Gasteiger partial charge in [0.05, 0.1) is 11.3 Å². The molecule has 0 spiro atoms. The van der Waals surface area contributed by atoms with Gasteiger partial charge in [0.1, 0.15) is 23.5 Å². The van der Waals surface area contributed by atoms with Gasteiger partial charge in [-0.2, -0.15) is 4.37 Å². The van der Waals surface area contributed by atoms with Gasteiger partial charge < -0.3 is 14.7 Å². The maximum Gasteiger partial charge on any atom is 0.341 e. The molecule has 1 N–H and O–H groups in total. The van der Waals surface area contributed by atoms with Crippen LogP contribution in [0, 0.1) is 12.8 Å². The highest BCUT2D eigenvalue weighted by atomic mass is 32.1. The summed E-state index contributed by atoms with van der Waals surface area (Å²) in [5.74, 6) is -0.509. The molecule has 4 heterocycles. The van der Waals surface area contributed by atoms with Gasteiger partial charge in [0.2, 0.25) is 10.6 Å². The predicted molar refractivity (Wildman–Crippen MR) is 119 cm³/mol. The number of carbonyl (C=O) groups is 2. The van der Waals surface area contributed by atoms with Crippen LogP contribution in [0.4, 0.5) is 5.82 Å². The highest BCUT2D eigenvalue weighted by Crippen LogP contribution is 2.29. The number of rotatable bonds is 9. The third kappa shape index (κ3) is 4.13. The maximum absolute atomic E-state index is 12.8. The number of anilines is 1. The molecule has 4 rings (SSSR count). The summed E-state index contributed by atoms with van der Waals surface area (Å²) in [5, 5.41) is 10.1. The number of Topliss-reactive ketones (excluding diaryl/α,β-unsaturated/α-hetero) is 1. The summed E-state index contributed by atoms with van der Waals surface area (Å²) in [7, 11) is 0. The molecule has 0 amide bonds. The van der Waals surface area contributed by atoms with Crippen LogP contribution in [0.25, 0.3) is 16.2 Å². The SMILES string of the molecule is CCOCCCC(=O)C1CN(c2cc(C)c3c(=O)c(C(=O)O)cn(-c4ncns4)c3n2)C1. The third-order valence-electron chi connectivity index (χ3n) is 5.51. The molecule has 1 saturated heterocycles. The van der Waals surface area contributed by atoms with Crippen LogP contribution in [0.5, 0.6) is 0 Å². The second-order valence-electron chi connectivity index (χ2n) is 7.64. The first-order valence-electron chi connectivity index (χ1n) is 10.3. The minimum atomic E-state index is -1.31. The maximum atomic E-state index is 12.8. The smallest absolute Gasteiger partial charge is 0.341 e. The fourth-order valence-corrected chi connectivity index (χ4v) is 4.29. The van der Waals surface area contributed by atoms with Crippen LogP contribution < -0.4 is 10.3 Å². The fraction of sp³-hybridized carbons (Fsp3) is 0.429. The summed E-state index contributed by atoms with van der Waals surface area (Å²) in [6.45, 7) is 6.03. The number of aromatic nitrogens is 4. The van der Waals surface area contributed by atoms with Crippen LogP contribution in [0.1, 0.15) is 35.7 Å². The minimum Gasteiger partial charge on any atom is -0.477 e. The van der Waals surface area contributed by atoms with E-state index in [2.05, 4.69) is 14.3 Å². The quantitative estimate of drug-likeness (QED) is 0.480. The second kappa shape index (κ2) is 9.13. The van der Waals surface area contributed by atoms with Crippen LogP contribution >= 0.6 is 11.5 Å². The Labute approximate surface area is 187 Å². The molecule has 168 valence electrons. The number of nitrogens with zero attached hydrogens (tertiary/aromatic N) is 5. The summed E-state index contributed by atoms with van der Waals surface area (Å²) in [6.07, 6.45) is 3.82. The molecule has 11 heteroatoms. The Balaban J connectivity index is 1.64. The van der Waals surface area contributed by atoms with Crippen molar-refractivity contribution in [2.45, 2.75) is 26.7 Å². The third-order valence-corrected chi connectivity index (χ3v) is 6.17. The first kappa shape index (κ1) is 22.0. The molecule has 3 aromatic heterocycles. The van der Waals surface area contributed by atoms with Crippen molar-refractivity contribution in [1.29, 1.82) is 0 Å². The summed E-state index contributed by atoms with van der Waals surface area (Å²) in [5.41, 5.74) is -0.0103. The van der Waals surface area contributed by atoms with Gasteiger partial charge in [-0.05, 0) is 31.9 Å². The van der Waals surface area contributed by atoms with Gasteiger partial charge >= 0.3 is 5.97 Å². The molecule has 1 fully saturated rings. The van der Waals surface area contributed by atoms with Crippen molar-refractivity contribution in [3.8, 4) is 5.13 Å². The monoisotopic (exact) mass is 457 g/mol. The summed E-state index contributed by atoms with van der Waals surface area (Å²) in [4.78, 5) is 47.6. The van der Waals surface area contributed by atoms with Crippen LogP contribution in [-0.2, 0) is 9.53 Å². The summed E-state index contributed by atoms with van der Waals surface area (Å²) >= 11 is 1.07. The summed E-state index contributed by atoms with van der Waals surface area (Å²) < 4.78 is 10.8. The average Bonchev–Trinajstić information content (AvgIpc) is 3.24. The molecule has 1 aliphatic heterocycles. The van der Waals surface area contributed by atoms with E-state index in [1.165, 1.54) is 17.1 Å². The standard InChI is InChI=1S/C21H23N5O5S/c1-3-31-6-4-5-15(27)13-8-25(9-13)16-7-12(2)17-18(28)14(20(29)30)10-26(19(17)24-16)21-22-11-23-32-21/h7,10-11,13H,3-6,8-9H2,1-2H3,(H,29,30). The molecule has 0 aromatic carbocycles. The summed E-state index contributed by atoms with van der Waals surface area (Å²) in [6, 6.07) is 1.76. The Morgan fingerprint density at radius 1 is 1.34 bits per heavy atom. The van der Waals surface area contributed by atoms with Crippen molar-refractivity contribution in [2.75, 3.05) is 31.2 Å². The van der Waals surface area contributed by atoms with Gasteiger partial charge in [0, 0.05) is 50.5 Å². The number of ether oxygens (including phenoxy) is 1. The first-order chi connectivity index (χ1) is 15.4. The Bertz CT molecular complexity index is 1220. The number of carboxylic acids is 1. The lowest BCUT2D eigenvalue weighted by molar-refractivity contribution is -0.123. The normalized spacial score (nSPS) is 14.0. The lowest BCUT2D eigenvalue weighted by Gasteiger charge is -2.39. The molecular weight excluding hydrogens is 434 g/mol. The number of hydrogen-bond donors (Lipinski definition) is 1. The van der Waals surface area contributed by atoms with Crippen LogP contribution in [0.15, 0.2) is 23.4 Å². The van der Waals surface area contributed by atoms with Gasteiger partial charge in [-0.15, -0.1) is 0 Å². The number of carbonyl (C=O) groups excluding carboxylic acids is 1. The minimum absolute atomic E-state index is 0.0471. The lowest BCUT2D eigenvalue weighted by atomic mass is 9.92. The molecular formula is C21H23N5O5S. The zero-order valence-corrected chi connectivity index (χ0v) is 18.6. The molecule has 0 atom stereocenters. The van der Waals surface area contributed by atoms with E-state index < -0.39 is 11.4 Å². The highest BCUT2D eigenvalue weighted by molar-refractivity contribution is 7.08. The number of pyridine rings is 2. The predicted octanol–water partition coefficient (Wildman–Crippen LogP) is 2.07. The van der Waals surface area contributed by atoms with Crippen molar-refractivity contribution in [1.82, 2.24) is 18.9 Å². The largest absolute Gasteiger partial charge is 0.477 e. The van der Waals surface area contributed by atoms with E-state index >= 15 is 0 Å². The van der Waals surface area contributed by atoms with E-state index in [1.54, 1.807) is 13.0 Å². The second-order valence-corrected chi connectivity index (χ2v) is 8.39. The topological polar surface area (TPSA) is 128 Å². The van der Waals surface area contributed by atoms with Gasteiger partial charge in [-0.25, -0.2) is 14.8 Å². The Kier molecular flexibility index (Phi) is 6.28. The van der Waals surface area contributed by atoms with Crippen molar-refractivity contribution >= 4 is 40.1 Å². The zero-order chi connectivity index (χ0) is 22.8. The average molecular weight is 458 g/mol. The van der Waals surface area contributed by atoms with Gasteiger partial charge in [-0.1, -0.05) is 0 Å². The van der Waals surface area contributed by atoms with E-state index in [1.807, 2.05) is 11.8 Å². The van der Waals surface area contributed by atoms with Gasteiger partial charge in [0.15, 0.2) is 5.65 Å². The zero-order valence-electron chi connectivity index (χ0n) is 17.8. The molecule has 0 aliphatic carbocycles. The molecule has 10 nitrogen and oxygen atoms in total. The number of fused-ring (bicyclic) bond motifs is 1. The van der Waals surface area contributed by atoms with Crippen molar-refractivity contribution in [2.24, 2.45) is 5.92 Å². The fourth-order valence-electron chi connectivity index (χ4n) is 3.78. The van der Waals surface area contributed by atoms with Crippen LogP contribution in [-0.4, -0.2) is 62.1 Å². The van der Waals surface area contributed by atoms with E-state index in [0.717, 1.165) is 18.0 Å². The van der Waals surface area contributed by atoms with E-state index in [-0.39, 0.29) is 22.7 Å². The molecule has 0 saturated carbocycles. The number of hydrogen-bond acceptors (Lipinski definition) is 9. The molecule has 0 radical (unpaired) electrons. The van der Waals surface area contributed by atoms with Crippen LogP contribution in [0.2, 0.25) is 0 Å². The highest BCUT2D eigenvalue weighted by Gasteiger charge is 2.33. The Hall–Kier alpha value is -3.18.